The largest absolute Gasteiger partial charge is 0.508 e. The first-order valence-corrected chi connectivity index (χ1v) is 12.5. The van der Waals surface area contributed by atoms with Crippen molar-refractivity contribution in [1.82, 2.24) is 4.90 Å². The highest BCUT2D eigenvalue weighted by atomic mass is 16.3. The number of nitrogens with zero attached hydrogens (tertiary/aromatic N) is 1. The maximum Gasteiger partial charge on any atom is 0.254 e. The minimum Gasteiger partial charge on any atom is -0.508 e. The fraction of sp³-hybridized carbons (Fsp3) is 0.152. The lowest BCUT2D eigenvalue weighted by Crippen LogP contribution is -2.41. The number of phenols is 2. The summed E-state index contributed by atoms with van der Waals surface area (Å²) in [5, 5.41) is 20.3. The molecule has 0 spiro atoms. The number of benzene rings is 3. The zero-order valence-electron chi connectivity index (χ0n) is 21.5. The molecule has 0 aromatic heterocycles. The van der Waals surface area contributed by atoms with Gasteiger partial charge in [0.25, 0.3) is 5.91 Å². The molecular weight excluding hydrogens is 474 g/mol. The number of carbonyl (C=O) groups is 2. The van der Waals surface area contributed by atoms with E-state index in [2.05, 4.69) is 13.2 Å². The Hall–Kier alpha value is -4.64. The first-order valence-electron chi connectivity index (χ1n) is 12.5. The number of carbonyl (C=O) groups excluding carboxylic acids is 2. The van der Waals surface area contributed by atoms with Crippen LogP contribution in [0.25, 0.3) is 12.2 Å². The first kappa shape index (κ1) is 26.4. The topological polar surface area (TPSA) is 77.8 Å². The van der Waals surface area contributed by atoms with Gasteiger partial charge in [-0.25, -0.2) is 0 Å². The van der Waals surface area contributed by atoms with Crippen LogP contribution in [0.3, 0.4) is 0 Å². The molecule has 3 aromatic carbocycles. The Morgan fingerprint density at radius 2 is 1.29 bits per heavy atom. The monoisotopic (exact) mass is 505 g/mol. The van der Waals surface area contributed by atoms with E-state index in [9.17, 15) is 19.8 Å². The Kier molecular flexibility index (Phi) is 8.07. The molecule has 1 fully saturated rings. The van der Waals surface area contributed by atoms with Crippen molar-refractivity contribution in [3.05, 3.63) is 131 Å². The maximum absolute atomic E-state index is 13.6. The van der Waals surface area contributed by atoms with Crippen LogP contribution in [0.4, 0.5) is 0 Å². The van der Waals surface area contributed by atoms with Crippen LogP contribution in [0.15, 0.2) is 97.1 Å². The van der Waals surface area contributed by atoms with Gasteiger partial charge in [0, 0.05) is 16.7 Å². The molecule has 38 heavy (non-hydrogen) atoms. The van der Waals surface area contributed by atoms with E-state index in [-0.39, 0.29) is 36.3 Å². The van der Waals surface area contributed by atoms with Crippen molar-refractivity contribution in [2.24, 2.45) is 0 Å². The van der Waals surface area contributed by atoms with E-state index < -0.39 is 0 Å². The van der Waals surface area contributed by atoms with Crippen molar-refractivity contribution in [1.29, 1.82) is 0 Å². The Labute approximate surface area is 223 Å². The molecule has 0 bridgehead atoms. The molecule has 0 unspecified atom stereocenters. The van der Waals surface area contributed by atoms with E-state index >= 15 is 0 Å². The van der Waals surface area contributed by atoms with E-state index in [1.165, 1.54) is 0 Å². The lowest BCUT2D eigenvalue weighted by molar-refractivity contribution is -0.113. The van der Waals surface area contributed by atoms with Gasteiger partial charge in [-0.15, -0.1) is 13.2 Å². The lowest BCUT2D eigenvalue weighted by Gasteiger charge is -2.30. The van der Waals surface area contributed by atoms with E-state index in [4.69, 9.17) is 0 Å². The Morgan fingerprint density at radius 3 is 1.74 bits per heavy atom. The standard InChI is InChI=1S/C33H31NO4/c1-4-6-26-16-23(10-14-30(26)35)18-28-20-34(33(38)25-12-8-22(3)9-13-25)21-29(32(28)37)19-24-11-15-31(36)27(17-24)7-5-2/h4-5,8-19,35-36H,1-2,6-7,20-21H2,3H3/b28-18+,29-19+. The van der Waals surface area contributed by atoms with Crippen molar-refractivity contribution < 1.29 is 19.8 Å². The van der Waals surface area contributed by atoms with Crippen molar-refractivity contribution >= 4 is 23.8 Å². The second-order valence-electron chi connectivity index (χ2n) is 9.46. The maximum atomic E-state index is 13.6. The summed E-state index contributed by atoms with van der Waals surface area (Å²) in [6.45, 7) is 9.77. The number of allylic oxidation sites excluding steroid dienone is 2. The summed E-state index contributed by atoms with van der Waals surface area (Å²) >= 11 is 0. The van der Waals surface area contributed by atoms with Gasteiger partial charge < -0.3 is 15.1 Å². The van der Waals surface area contributed by atoms with Crippen molar-refractivity contribution in [2.75, 3.05) is 13.1 Å². The number of amides is 1. The third-order valence-corrected chi connectivity index (χ3v) is 6.51. The predicted octanol–water partition coefficient (Wildman–Crippen LogP) is 6.06. The summed E-state index contributed by atoms with van der Waals surface area (Å²) < 4.78 is 0. The molecule has 5 nitrogen and oxygen atoms in total. The average molecular weight is 506 g/mol. The van der Waals surface area contributed by atoms with Gasteiger partial charge in [0.2, 0.25) is 0 Å². The summed E-state index contributed by atoms with van der Waals surface area (Å²) in [6, 6.07) is 17.7. The van der Waals surface area contributed by atoms with Gasteiger partial charge in [0.15, 0.2) is 5.78 Å². The number of hydrogen-bond donors (Lipinski definition) is 2. The molecule has 3 aromatic rings. The molecule has 192 valence electrons. The molecule has 0 radical (unpaired) electrons. The van der Waals surface area contributed by atoms with Crippen LogP contribution in [0.5, 0.6) is 11.5 Å². The SMILES string of the molecule is C=CCc1cc(/C=C2\CN(C(=O)c3ccc(C)cc3)C/C(=C\c3ccc(O)c(CC=C)c3)C2=O)ccc1O. The van der Waals surface area contributed by atoms with E-state index in [1.807, 2.05) is 31.2 Å². The van der Waals surface area contributed by atoms with Gasteiger partial charge in [-0.05, 0) is 90.6 Å². The molecular formula is C33H31NO4. The van der Waals surface area contributed by atoms with Gasteiger partial charge >= 0.3 is 0 Å². The molecule has 1 aliphatic rings. The molecule has 2 N–H and O–H groups in total. The van der Waals surface area contributed by atoms with Gasteiger partial charge in [-0.3, -0.25) is 9.59 Å². The Morgan fingerprint density at radius 1 is 0.816 bits per heavy atom. The minimum absolute atomic E-state index is 0.144. The van der Waals surface area contributed by atoms with E-state index in [0.717, 1.165) is 16.7 Å². The summed E-state index contributed by atoms with van der Waals surface area (Å²) in [6.07, 6.45) is 7.95. The van der Waals surface area contributed by atoms with Crippen LogP contribution in [-0.2, 0) is 17.6 Å². The molecule has 1 saturated heterocycles. The third-order valence-electron chi connectivity index (χ3n) is 6.51. The third kappa shape index (κ3) is 6.01. The molecule has 4 rings (SSSR count). The zero-order valence-corrected chi connectivity index (χ0v) is 21.5. The average Bonchev–Trinajstić information content (AvgIpc) is 2.90. The van der Waals surface area contributed by atoms with Crippen LogP contribution in [0, 0.1) is 6.92 Å². The molecule has 0 saturated carbocycles. The Bertz CT molecular complexity index is 1380. The summed E-state index contributed by atoms with van der Waals surface area (Å²) in [7, 11) is 0. The van der Waals surface area contributed by atoms with Crippen LogP contribution in [0.2, 0.25) is 0 Å². The lowest BCUT2D eigenvalue weighted by atomic mass is 9.92. The number of phenolic OH excluding ortho intramolecular Hbond substituents is 2. The number of aryl methyl sites for hydroxylation is 1. The highest BCUT2D eigenvalue weighted by Crippen LogP contribution is 2.27. The van der Waals surface area contributed by atoms with Gasteiger partial charge in [0.1, 0.15) is 11.5 Å². The van der Waals surface area contributed by atoms with Crippen molar-refractivity contribution in [2.45, 2.75) is 19.8 Å². The molecule has 1 aliphatic heterocycles. The van der Waals surface area contributed by atoms with Crippen LogP contribution in [0.1, 0.15) is 38.2 Å². The quantitative estimate of drug-likeness (QED) is 0.302. The summed E-state index contributed by atoms with van der Waals surface area (Å²) in [5.74, 6) is 0.0305. The number of Topliss-reactive ketones (excluding diaryl/α,β-unsaturated/α-hetero) is 1. The number of piperidine rings is 1. The molecule has 5 heteroatoms. The number of hydrogen-bond acceptors (Lipinski definition) is 4. The predicted molar refractivity (Wildman–Crippen MR) is 152 cm³/mol. The summed E-state index contributed by atoms with van der Waals surface area (Å²) in [5.41, 5.74) is 5.49. The Balaban J connectivity index is 1.76. The highest BCUT2D eigenvalue weighted by Gasteiger charge is 2.29. The van der Waals surface area contributed by atoms with Crippen molar-refractivity contribution in [3.8, 4) is 11.5 Å². The fourth-order valence-corrected chi connectivity index (χ4v) is 4.49. The van der Waals surface area contributed by atoms with Gasteiger partial charge in [0.05, 0.1) is 13.1 Å². The minimum atomic E-state index is -0.162. The second kappa shape index (κ2) is 11.6. The molecule has 1 amide bonds. The number of likely N-dealkylation sites (tertiary alicyclic amines) is 1. The molecule has 0 atom stereocenters. The number of rotatable bonds is 7. The highest BCUT2D eigenvalue weighted by molar-refractivity contribution is 6.16. The van der Waals surface area contributed by atoms with E-state index in [0.29, 0.717) is 40.7 Å². The van der Waals surface area contributed by atoms with Gasteiger partial charge in [-0.1, -0.05) is 42.0 Å². The first-order chi connectivity index (χ1) is 18.3. The van der Waals surface area contributed by atoms with E-state index in [1.54, 1.807) is 65.6 Å². The fourth-order valence-electron chi connectivity index (χ4n) is 4.49. The van der Waals surface area contributed by atoms with Crippen molar-refractivity contribution in [3.63, 3.8) is 0 Å². The number of ketones is 1. The van der Waals surface area contributed by atoms with Crippen LogP contribution < -0.4 is 0 Å². The second-order valence-corrected chi connectivity index (χ2v) is 9.46. The summed E-state index contributed by atoms with van der Waals surface area (Å²) in [4.78, 5) is 28.8. The smallest absolute Gasteiger partial charge is 0.254 e. The van der Waals surface area contributed by atoms with Crippen LogP contribution in [-0.4, -0.2) is 39.9 Å². The molecule has 0 aliphatic carbocycles. The number of aromatic hydroxyl groups is 2. The van der Waals surface area contributed by atoms with Crippen LogP contribution >= 0.6 is 0 Å². The molecule has 1 heterocycles. The van der Waals surface area contributed by atoms with Gasteiger partial charge in [-0.2, -0.15) is 0 Å². The zero-order chi connectivity index (χ0) is 27.2. The normalized spacial score (nSPS) is 15.6.